The summed E-state index contributed by atoms with van der Waals surface area (Å²) in [6.07, 6.45) is 17.9. The molecule has 1 nitrogen and oxygen atoms in total. The fourth-order valence-electron chi connectivity index (χ4n) is 9.26. The molecule has 0 heterocycles. The van der Waals surface area contributed by atoms with E-state index >= 15 is 0 Å². The third-order valence-electron chi connectivity index (χ3n) is 10.7. The normalized spacial score (nSPS) is 45.9. The number of rotatable bonds is 5. The van der Waals surface area contributed by atoms with E-state index in [9.17, 15) is 0 Å². The van der Waals surface area contributed by atoms with Gasteiger partial charge in [-0.15, -0.1) is 0 Å². The van der Waals surface area contributed by atoms with Crippen molar-refractivity contribution in [2.75, 3.05) is 6.61 Å². The van der Waals surface area contributed by atoms with Gasteiger partial charge in [-0.2, -0.15) is 0 Å². The first-order chi connectivity index (χ1) is 13.7. The van der Waals surface area contributed by atoms with Crippen molar-refractivity contribution in [3.63, 3.8) is 0 Å². The van der Waals surface area contributed by atoms with Crippen molar-refractivity contribution in [2.24, 2.45) is 46.3 Å². The van der Waals surface area contributed by atoms with E-state index in [0.717, 1.165) is 42.1 Å². The Morgan fingerprint density at radius 3 is 2.38 bits per heavy atom. The molecule has 0 N–H and O–H groups in total. The quantitative estimate of drug-likeness (QED) is 0.420. The Labute approximate surface area is 182 Å². The molecule has 29 heavy (non-hydrogen) atoms. The fourth-order valence-corrected chi connectivity index (χ4v) is 9.26. The Balaban J connectivity index is 1.40. The van der Waals surface area contributed by atoms with Gasteiger partial charge in [-0.25, -0.2) is 0 Å². The van der Waals surface area contributed by atoms with Gasteiger partial charge < -0.3 is 4.74 Å². The Kier molecular flexibility index (Phi) is 6.22. The highest BCUT2D eigenvalue weighted by molar-refractivity contribution is 5.09. The smallest absolute Gasteiger partial charge is 0.0598 e. The highest BCUT2D eigenvalue weighted by Gasteiger charge is 2.59. The first-order valence-corrected chi connectivity index (χ1v) is 13.3. The molecule has 0 bridgehead atoms. The minimum atomic E-state index is 0.0140. The van der Waals surface area contributed by atoms with Crippen LogP contribution < -0.4 is 0 Å². The lowest BCUT2D eigenvalue weighted by Gasteiger charge is -2.61. The lowest BCUT2D eigenvalue weighted by atomic mass is 9.44. The molecule has 0 aromatic rings. The largest absolute Gasteiger partial charge is 0.376 e. The summed E-state index contributed by atoms with van der Waals surface area (Å²) >= 11 is 0. The van der Waals surface area contributed by atoms with Gasteiger partial charge in [0, 0.05) is 6.61 Å². The molecule has 4 fully saturated rings. The van der Waals surface area contributed by atoms with Gasteiger partial charge >= 0.3 is 0 Å². The molecule has 0 aliphatic heterocycles. The maximum Gasteiger partial charge on any atom is 0.0598 e. The maximum absolute atomic E-state index is 6.01. The molecule has 8 atom stereocenters. The second kappa shape index (κ2) is 8.14. The van der Waals surface area contributed by atoms with Crippen LogP contribution in [-0.2, 0) is 4.74 Å². The molecule has 4 aliphatic carbocycles. The number of hydrogen-bond acceptors (Lipinski definition) is 1. The highest BCUT2D eigenvalue weighted by atomic mass is 16.5. The van der Waals surface area contributed by atoms with Crippen LogP contribution in [0.5, 0.6) is 0 Å². The summed E-state index contributed by atoms with van der Waals surface area (Å²) in [5.41, 5.74) is 1.33. The van der Waals surface area contributed by atoms with Crippen molar-refractivity contribution in [3.05, 3.63) is 0 Å². The standard InChI is InChI=1S/C28H50O/c1-20(10-9-19-29-26(2,3)4)23-14-15-24-22-13-12-21-11-7-8-17-27(21,5)25(22)16-18-28(23,24)6/h20-25H,7-19H2,1-6H3. The Morgan fingerprint density at radius 1 is 0.862 bits per heavy atom. The molecular formula is C28H50O. The van der Waals surface area contributed by atoms with Crippen molar-refractivity contribution in [3.8, 4) is 0 Å². The topological polar surface area (TPSA) is 9.23 Å². The van der Waals surface area contributed by atoms with Crippen LogP contribution in [-0.4, -0.2) is 12.2 Å². The summed E-state index contributed by atoms with van der Waals surface area (Å²) in [7, 11) is 0. The van der Waals surface area contributed by atoms with Gasteiger partial charge in [-0.05, 0) is 131 Å². The van der Waals surface area contributed by atoms with Crippen LogP contribution in [0.2, 0.25) is 0 Å². The first kappa shape index (κ1) is 22.2. The third kappa shape index (κ3) is 4.08. The van der Waals surface area contributed by atoms with Gasteiger partial charge in [0.1, 0.15) is 0 Å². The summed E-state index contributed by atoms with van der Waals surface area (Å²) in [6, 6.07) is 0. The highest BCUT2D eigenvalue weighted by Crippen LogP contribution is 2.68. The van der Waals surface area contributed by atoms with Crippen LogP contribution in [0.15, 0.2) is 0 Å². The molecule has 0 spiro atoms. The van der Waals surface area contributed by atoms with E-state index in [1.165, 1.54) is 57.8 Å². The van der Waals surface area contributed by atoms with E-state index in [4.69, 9.17) is 4.74 Å². The zero-order valence-corrected chi connectivity index (χ0v) is 20.6. The van der Waals surface area contributed by atoms with Gasteiger partial charge in [0.25, 0.3) is 0 Å². The van der Waals surface area contributed by atoms with Crippen molar-refractivity contribution >= 4 is 0 Å². The number of fused-ring (bicyclic) bond motifs is 5. The minimum absolute atomic E-state index is 0.0140. The average molecular weight is 403 g/mol. The second-order valence-electron chi connectivity index (χ2n) is 13.2. The van der Waals surface area contributed by atoms with Crippen molar-refractivity contribution < 1.29 is 4.74 Å². The summed E-state index contributed by atoms with van der Waals surface area (Å²) in [4.78, 5) is 0. The van der Waals surface area contributed by atoms with Gasteiger partial charge in [0.15, 0.2) is 0 Å². The number of ether oxygens (including phenoxy) is 1. The summed E-state index contributed by atoms with van der Waals surface area (Å²) in [6.45, 7) is 15.5. The van der Waals surface area contributed by atoms with Gasteiger partial charge in [-0.1, -0.05) is 33.6 Å². The zero-order chi connectivity index (χ0) is 20.9. The lowest BCUT2D eigenvalue weighted by molar-refractivity contribution is -0.114. The van der Waals surface area contributed by atoms with Crippen molar-refractivity contribution in [2.45, 2.75) is 124 Å². The van der Waals surface area contributed by atoms with Crippen molar-refractivity contribution in [1.82, 2.24) is 0 Å². The van der Waals surface area contributed by atoms with Crippen LogP contribution in [0, 0.1) is 46.3 Å². The summed E-state index contributed by atoms with van der Waals surface area (Å²) in [5.74, 6) is 6.01. The Hall–Kier alpha value is -0.0400. The third-order valence-corrected chi connectivity index (χ3v) is 10.7. The average Bonchev–Trinajstić information content (AvgIpc) is 3.01. The van der Waals surface area contributed by atoms with Crippen molar-refractivity contribution in [1.29, 1.82) is 0 Å². The molecule has 8 unspecified atom stereocenters. The van der Waals surface area contributed by atoms with E-state index in [2.05, 4.69) is 41.5 Å². The van der Waals surface area contributed by atoms with E-state index in [1.807, 2.05) is 0 Å². The predicted octanol–water partition coefficient (Wildman–Crippen LogP) is 8.27. The summed E-state index contributed by atoms with van der Waals surface area (Å²) in [5, 5.41) is 0. The van der Waals surface area contributed by atoms with E-state index < -0.39 is 0 Å². The molecule has 4 aliphatic rings. The minimum Gasteiger partial charge on any atom is -0.376 e. The molecule has 168 valence electrons. The predicted molar refractivity (Wildman–Crippen MR) is 124 cm³/mol. The zero-order valence-electron chi connectivity index (χ0n) is 20.6. The molecule has 0 aromatic heterocycles. The van der Waals surface area contributed by atoms with Crippen LogP contribution in [0.3, 0.4) is 0 Å². The van der Waals surface area contributed by atoms with Gasteiger partial charge in [0.2, 0.25) is 0 Å². The van der Waals surface area contributed by atoms with Crippen LogP contribution >= 0.6 is 0 Å². The van der Waals surface area contributed by atoms with Crippen LogP contribution in [0.4, 0.5) is 0 Å². The lowest BCUT2D eigenvalue weighted by Crippen LogP contribution is -2.53. The second-order valence-corrected chi connectivity index (χ2v) is 13.2. The van der Waals surface area contributed by atoms with Gasteiger partial charge in [-0.3, -0.25) is 0 Å². The number of hydrogen-bond donors (Lipinski definition) is 0. The molecular weight excluding hydrogens is 352 g/mol. The fraction of sp³-hybridized carbons (Fsp3) is 1.00. The maximum atomic E-state index is 6.01. The molecule has 4 rings (SSSR count). The molecule has 0 radical (unpaired) electrons. The van der Waals surface area contributed by atoms with Crippen LogP contribution in [0.25, 0.3) is 0 Å². The summed E-state index contributed by atoms with van der Waals surface area (Å²) < 4.78 is 6.01. The first-order valence-electron chi connectivity index (χ1n) is 13.3. The molecule has 1 heteroatoms. The Morgan fingerprint density at radius 2 is 1.62 bits per heavy atom. The molecule has 0 saturated heterocycles. The van der Waals surface area contributed by atoms with E-state index in [0.29, 0.717) is 10.8 Å². The molecule has 0 amide bonds. The van der Waals surface area contributed by atoms with Gasteiger partial charge in [0.05, 0.1) is 5.60 Å². The molecule has 0 aromatic carbocycles. The Bertz CT molecular complexity index is 561. The van der Waals surface area contributed by atoms with E-state index in [-0.39, 0.29) is 5.60 Å². The van der Waals surface area contributed by atoms with E-state index in [1.54, 1.807) is 19.3 Å². The monoisotopic (exact) mass is 402 g/mol. The molecule has 4 saturated carbocycles. The SMILES string of the molecule is CC(CCCOC(C)(C)C)C1CCC2C3CCC4CCCCC4(C)C3CCC12C. The van der Waals surface area contributed by atoms with Crippen LogP contribution in [0.1, 0.15) is 119 Å².